The Bertz CT molecular complexity index is 813. The van der Waals surface area contributed by atoms with Gasteiger partial charge < -0.3 is 14.2 Å². The number of rotatable bonds is 7. The van der Waals surface area contributed by atoms with Crippen molar-refractivity contribution in [3.05, 3.63) is 34.2 Å². The topological polar surface area (TPSA) is 94.6 Å². The average Bonchev–Trinajstić information content (AvgIpc) is 3.09. The number of benzene rings is 1. The van der Waals surface area contributed by atoms with Crippen molar-refractivity contribution in [2.75, 3.05) is 25.2 Å². The number of hydrogen-bond acceptors (Lipinski definition) is 6. The molecule has 1 atom stereocenters. The summed E-state index contributed by atoms with van der Waals surface area (Å²) in [6.45, 7) is 2.58. The van der Waals surface area contributed by atoms with Gasteiger partial charge in [0, 0.05) is 29.8 Å². The van der Waals surface area contributed by atoms with Crippen LogP contribution in [0.2, 0.25) is 5.02 Å². The summed E-state index contributed by atoms with van der Waals surface area (Å²) in [5, 5.41) is 5.21. The normalized spacial score (nSPS) is 11.7. The number of amides is 2. The molecule has 146 valence electrons. The minimum atomic E-state index is -1.24. The fourth-order valence-electron chi connectivity index (χ4n) is 2.04. The third kappa shape index (κ3) is 6.10. The molecule has 1 aromatic heterocycles. The number of carbonyl (C=O) groups is 2. The summed E-state index contributed by atoms with van der Waals surface area (Å²) < 4.78 is 16.8. The summed E-state index contributed by atoms with van der Waals surface area (Å²) in [4.78, 5) is 30.4. The molecule has 0 radical (unpaired) electrons. The van der Waals surface area contributed by atoms with Crippen LogP contribution in [0.25, 0.3) is 0 Å². The summed E-state index contributed by atoms with van der Waals surface area (Å²) >= 11 is 5.91. The van der Waals surface area contributed by atoms with E-state index in [1.165, 1.54) is 29.4 Å². The highest BCUT2D eigenvalue weighted by molar-refractivity contribution is 7.90. The molecule has 10 heteroatoms. The Morgan fingerprint density at radius 2 is 2.19 bits per heavy atom. The third-order valence-electron chi connectivity index (χ3n) is 3.54. The van der Waals surface area contributed by atoms with Gasteiger partial charge in [0.15, 0.2) is 5.13 Å². The van der Waals surface area contributed by atoms with Gasteiger partial charge in [-0.3, -0.25) is 10.1 Å². The molecule has 1 aromatic carbocycles. The monoisotopic (exact) mass is 429 g/mol. The summed E-state index contributed by atoms with van der Waals surface area (Å²) in [5.41, 5.74) is 0.106. The lowest BCUT2D eigenvalue weighted by Crippen LogP contribution is -2.31. The molecule has 27 heavy (non-hydrogen) atoms. The van der Waals surface area contributed by atoms with Crippen LogP contribution in [0, 0.1) is 0 Å². The second kappa shape index (κ2) is 9.93. The predicted molar refractivity (Wildman–Crippen MR) is 107 cm³/mol. The van der Waals surface area contributed by atoms with E-state index in [1.807, 2.05) is 6.92 Å². The van der Waals surface area contributed by atoms with Crippen LogP contribution in [0.15, 0.2) is 28.6 Å². The van der Waals surface area contributed by atoms with Crippen molar-refractivity contribution in [1.29, 1.82) is 0 Å². The van der Waals surface area contributed by atoms with E-state index in [9.17, 15) is 14.1 Å². The number of hydrogen-bond donors (Lipinski definition) is 1. The SMILES string of the molecule is CCCCN(C)C(=O)Oc1ccc(Cl)cc1C(=O)Nc1nc([S+](C)[O-])cs1. The number of nitrogens with zero attached hydrogens (tertiary/aromatic N) is 2. The molecule has 0 spiro atoms. The van der Waals surface area contributed by atoms with Crippen LogP contribution in [-0.2, 0) is 11.2 Å². The summed E-state index contributed by atoms with van der Waals surface area (Å²) in [6.07, 6.45) is 2.75. The van der Waals surface area contributed by atoms with E-state index in [1.54, 1.807) is 12.4 Å². The maximum atomic E-state index is 12.6. The van der Waals surface area contributed by atoms with Crippen LogP contribution in [0.5, 0.6) is 5.75 Å². The number of halogens is 1. The molecule has 0 saturated heterocycles. The Hall–Kier alpha value is -1.81. The maximum Gasteiger partial charge on any atom is 0.414 e. The number of anilines is 1. The molecule has 1 heterocycles. The number of carbonyl (C=O) groups excluding carboxylic acids is 2. The van der Waals surface area contributed by atoms with Crippen molar-refractivity contribution in [1.82, 2.24) is 9.88 Å². The van der Waals surface area contributed by atoms with Gasteiger partial charge in [0.1, 0.15) is 12.0 Å². The zero-order valence-corrected chi connectivity index (χ0v) is 17.5. The van der Waals surface area contributed by atoms with Crippen molar-refractivity contribution in [3.63, 3.8) is 0 Å². The van der Waals surface area contributed by atoms with E-state index in [0.29, 0.717) is 21.7 Å². The molecule has 2 amide bonds. The van der Waals surface area contributed by atoms with Gasteiger partial charge in [-0.2, -0.15) is 4.98 Å². The number of unbranched alkanes of at least 4 members (excludes halogenated alkanes) is 1. The maximum absolute atomic E-state index is 12.6. The second-order valence-corrected chi connectivity index (χ2v) is 8.30. The van der Waals surface area contributed by atoms with Crippen molar-refractivity contribution in [2.45, 2.75) is 24.8 Å². The van der Waals surface area contributed by atoms with Crippen LogP contribution in [-0.4, -0.2) is 46.3 Å². The van der Waals surface area contributed by atoms with Crippen molar-refractivity contribution in [3.8, 4) is 5.75 Å². The molecule has 0 aliphatic rings. The Labute approximate surface area is 169 Å². The van der Waals surface area contributed by atoms with Gasteiger partial charge in [0.25, 0.3) is 10.9 Å². The van der Waals surface area contributed by atoms with Gasteiger partial charge >= 0.3 is 6.09 Å². The van der Waals surface area contributed by atoms with E-state index in [4.69, 9.17) is 16.3 Å². The summed E-state index contributed by atoms with van der Waals surface area (Å²) in [7, 11) is 1.63. The van der Waals surface area contributed by atoms with Gasteiger partial charge in [-0.05, 0) is 24.6 Å². The van der Waals surface area contributed by atoms with Crippen LogP contribution in [0.4, 0.5) is 9.93 Å². The minimum absolute atomic E-state index is 0.0982. The first-order valence-corrected chi connectivity index (χ1v) is 11.0. The molecule has 2 rings (SSSR count). The predicted octanol–water partition coefficient (Wildman–Crippen LogP) is 4.02. The highest BCUT2D eigenvalue weighted by Gasteiger charge is 2.20. The molecule has 2 aromatic rings. The molecule has 0 aliphatic carbocycles. The largest absolute Gasteiger partial charge is 0.610 e. The summed E-state index contributed by atoms with van der Waals surface area (Å²) in [6, 6.07) is 4.42. The smallest absolute Gasteiger partial charge is 0.414 e. The van der Waals surface area contributed by atoms with Crippen molar-refractivity contribution < 1.29 is 18.9 Å². The van der Waals surface area contributed by atoms with Gasteiger partial charge in [-0.1, -0.05) is 36.3 Å². The Kier molecular flexibility index (Phi) is 7.91. The van der Waals surface area contributed by atoms with E-state index in [-0.39, 0.29) is 11.3 Å². The number of thiazole rings is 1. The lowest BCUT2D eigenvalue weighted by Gasteiger charge is -2.17. The number of ether oxygens (including phenoxy) is 1. The van der Waals surface area contributed by atoms with Gasteiger partial charge in [-0.25, -0.2) is 4.79 Å². The molecule has 0 bridgehead atoms. The molecule has 1 unspecified atom stereocenters. The van der Waals surface area contributed by atoms with Gasteiger partial charge in [-0.15, -0.1) is 0 Å². The zero-order chi connectivity index (χ0) is 20.0. The van der Waals surface area contributed by atoms with Crippen molar-refractivity contribution >= 4 is 51.2 Å². The first kappa shape index (κ1) is 21.5. The third-order valence-corrected chi connectivity index (χ3v) is 5.48. The molecular weight excluding hydrogens is 410 g/mol. The Balaban J connectivity index is 2.16. The van der Waals surface area contributed by atoms with E-state index < -0.39 is 23.2 Å². The quantitative estimate of drug-likeness (QED) is 0.671. The minimum Gasteiger partial charge on any atom is -0.610 e. The fraction of sp³-hybridized carbons (Fsp3) is 0.353. The van der Waals surface area contributed by atoms with Gasteiger partial charge in [0.05, 0.1) is 10.9 Å². The summed E-state index contributed by atoms with van der Waals surface area (Å²) in [5.74, 6) is -0.430. The van der Waals surface area contributed by atoms with Crippen LogP contribution >= 0.6 is 22.9 Å². The van der Waals surface area contributed by atoms with Crippen LogP contribution in [0.3, 0.4) is 0 Å². The Morgan fingerprint density at radius 3 is 2.81 bits per heavy atom. The lowest BCUT2D eigenvalue weighted by atomic mass is 10.2. The second-order valence-electron chi connectivity index (χ2n) is 5.68. The zero-order valence-electron chi connectivity index (χ0n) is 15.2. The average molecular weight is 430 g/mol. The first-order valence-electron chi connectivity index (χ1n) is 8.14. The van der Waals surface area contributed by atoms with E-state index in [2.05, 4.69) is 10.3 Å². The Morgan fingerprint density at radius 1 is 1.44 bits per heavy atom. The van der Waals surface area contributed by atoms with E-state index >= 15 is 0 Å². The number of aromatic nitrogens is 1. The van der Waals surface area contributed by atoms with Gasteiger partial charge in [0.2, 0.25) is 0 Å². The van der Waals surface area contributed by atoms with Crippen molar-refractivity contribution in [2.24, 2.45) is 0 Å². The highest BCUT2D eigenvalue weighted by Crippen LogP contribution is 2.26. The van der Waals surface area contributed by atoms with Crippen LogP contribution in [0.1, 0.15) is 30.1 Å². The fourth-order valence-corrected chi connectivity index (χ4v) is 3.74. The molecule has 1 N–H and O–H groups in total. The molecule has 7 nitrogen and oxygen atoms in total. The molecule has 0 aliphatic heterocycles. The standard InChI is InChI=1S/C17H20ClN3O4S2/c1-4-5-8-21(2)17(23)25-13-7-6-11(18)9-12(13)15(22)20-16-19-14(10-26-16)27(3)24/h6-7,9-10H,4-5,8H2,1-3H3,(H,19,20,22). The molecular formula is C17H20ClN3O4S2. The highest BCUT2D eigenvalue weighted by atomic mass is 35.5. The molecule has 0 fully saturated rings. The lowest BCUT2D eigenvalue weighted by molar-refractivity contribution is 0.102. The van der Waals surface area contributed by atoms with E-state index in [0.717, 1.165) is 24.2 Å². The first-order chi connectivity index (χ1) is 12.8. The van der Waals surface area contributed by atoms with Crippen LogP contribution < -0.4 is 10.1 Å². The number of nitrogens with one attached hydrogen (secondary N) is 1. The molecule has 0 saturated carbocycles.